The van der Waals surface area contributed by atoms with Crippen molar-refractivity contribution in [3.05, 3.63) is 42.1 Å². The van der Waals surface area contributed by atoms with Gasteiger partial charge in [-0.15, -0.1) is 11.8 Å². The summed E-state index contributed by atoms with van der Waals surface area (Å²) in [6.07, 6.45) is 4.26. The highest BCUT2D eigenvalue weighted by Crippen LogP contribution is 2.29. The Morgan fingerprint density at radius 1 is 1.16 bits per heavy atom. The number of amides is 1. The van der Waals surface area contributed by atoms with Crippen LogP contribution in [0.5, 0.6) is 0 Å². The van der Waals surface area contributed by atoms with Crippen molar-refractivity contribution in [2.45, 2.75) is 37.2 Å². The molecule has 7 nitrogen and oxygen atoms in total. The van der Waals surface area contributed by atoms with Crippen LogP contribution in [0.1, 0.15) is 25.3 Å². The van der Waals surface area contributed by atoms with Crippen molar-refractivity contribution in [3.8, 4) is 0 Å². The first kappa shape index (κ1) is 22.0. The molecule has 3 heterocycles. The first-order valence-electron chi connectivity index (χ1n) is 10.7. The number of nitrogens with one attached hydrogen (secondary N) is 1. The van der Waals surface area contributed by atoms with E-state index in [1.54, 1.807) is 23.5 Å². The molecule has 1 saturated heterocycles. The van der Waals surface area contributed by atoms with Crippen molar-refractivity contribution >= 4 is 46.3 Å². The average molecular weight is 457 g/mol. The quantitative estimate of drug-likeness (QED) is 0.369. The SMILES string of the molecule is CCSc1nc(N2CCCC2)c2cnn(CCNC(=O)CSCc3ccccc3)c2n1. The first-order chi connectivity index (χ1) is 15.2. The second-order valence-electron chi connectivity index (χ2n) is 7.39. The van der Waals surface area contributed by atoms with Crippen LogP contribution in [0, 0.1) is 0 Å². The Morgan fingerprint density at radius 2 is 1.97 bits per heavy atom. The van der Waals surface area contributed by atoms with E-state index < -0.39 is 0 Å². The topological polar surface area (TPSA) is 75.9 Å². The number of aromatic nitrogens is 4. The zero-order valence-electron chi connectivity index (χ0n) is 17.8. The van der Waals surface area contributed by atoms with E-state index in [0.29, 0.717) is 18.8 Å². The van der Waals surface area contributed by atoms with Crippen LogP contribution in [-0.4, -0.2) is 56.8 Å². The Labute approximate surface area is 191 Å². The number of thioether (sulfide) groups is 2. The lowest BCUT2D eigenvalue weighted by atomic mass is 10.2. The molecule has 0 aliphatic carbocycles. The summed E-state index contributed by atoms with van der Waals surface area (Å²) in [6.45, 7) is 5.29. The molecule has 0 atom stereocenters. The molecule has 0 unspecified atom stereocenters. The summed E-state index contributed by atoms with van der Waals surface area (Å²) < 4.78 is 1.88. The standard InChI is InChI=1S/C22H28N6OS2/c1-2-31-22-25-20(27-11-6-7-12-27)18-14-24-28(21(18)26-22)13-10-23-19(29)16-30-15-17-8-4-3-5-9-17/h3-5,8-9,14H,2,6-7,10-13,15-16H2,1H3,(H,23,29). The second-order valence-corrected chi connectivity index (χ2v) is 9.61. The van der Waals surface area contributed by atoms with Gasteiger partial charge in [-0.1, -0.05) is 49.0 Å². The summed E-state index contributed by atoms with van der Waals surface area (Å²) in [5, 5.41) is 9.34. The van der Waals surface area contributed by atoms with Gasteiger partial charge in [-0.05, 0) is 24.2 Å². The molecule has 1 aliphatic rings. The highest BCUT2D eigenvalue weighted by Gasteiger charge is 2.20. The van der Waals surface area contributed by atoms with Gasteiger partial charge in [0.15, 0.2) is 10.8 Å². The van der Waals surface area contributed by atoms with Gasteiger partial charge in [0.25, 0.3) is 0 Å². The van der Waals surface area contributed by atoms with Crippen molar-refractivity contribution in [2.75, 3.05) is 36.0 Å². The minimum absolute atomic E-state index is 0.0481. The molecule has 4 rings (SSSR count). The van der Waals surface area contributed by atoms with Crippen LogP contribution in [0.25, 0.3) is 11.0 Å². The summed E-state index contributed by atoms with van der Waals surface area (Å²) >= 11 is 3.27. The molecule has 164 valence electrons. The van der Waals surface area contributed by atoms with Gasteiger partial charge in [0.05, 0.1) is 23.9 Å². The zero-order chi connectivity index (χ0) is 21.5. The summed E-state index contributed by atoms with van der Waals surface area (Å²) in [5.74, 6) is 3.26. The van der Waals surface area contributed by atoms with Gasteiger partial charge in [0, 0.05) is 25.4 Å². The van der Waals surface area contributed by atoms with Crippen LogP contribution in [0.4, 0.5) is 5.82 Å². The molecule has 0 bridgehead atoms. The minimum atomic E-state index is 0.0481. The third-order valence-electron chi connectivity index (χ3n) is 5.13. The van der Waals surface area contributed by atoms with Crippen LogP contribution in [0.3, 0.4) is 0 Å². The van der Waals surface area contributed by atoms with E-state index in [4.69, 9.17) is 9.97 Å². The van der Waals surface area contributed by atoms with Crippen molar-refractivity contribution in [1.82, 2.24) is 25.1 Å². The van der Waals surface area contributed by atoms with Crippen molar-refractivity contribution < 1.29 is 4.79 Å². The number of anilines is 1. The lowest BCUT2D eigenvalue weighted by molar-refractivity contribution is -0.118. The average Bonchev–Trinajstić information content (AvgIpc) is 3.45. The molecular weight excluding hydrogens is 428 g/mol. The maximum Gasteiger partial charge on any atom is 0.230 e. The molecule has 0 saturated carbocycles. The smallest absolute Gasteiger partial charge is 0.230 e. The second kappa shape index (κ2) is 10.9. The van der Waals surface area contributed by atoms with Gasteiger partial charge in [-0.3, -0.25) is 4.79 Å². The number of carbonyl (C=O) groups excluding carboxylic acids is 1. The minimum Gasteiger partial charge on any atom is -0.356 e. The number of hydrogen-bond donors (Lipinski definition) is 1. The number of carbonyl (C=O) groups is 1. The predicted molar refractivity (Wildman–Crippen MR) is 129 cm³/mol. The molecule has 1 N–H and O–H groups in total. The van der Waals surface area contributed by atoms with Crippen molar-refractivity contribution in [3.63, 3.8) is 0 Å². The van der Waals surface area contributed by atoms with Crippen LogP contribution >= 0.6 is 23.5 Å². The Kier molecular flexibility index (Phi) is 7.69. The number of hydrogen-bond acceptors (Lipinski definition) is 7. The molecular formula is C22H28N6OS2. The van der Waals surface area contributed by atoms with Gasteiger partial charge in [-0.25, -0.2) is 14.6 Å². The van der Waals surface area contributed by atoms with Crippen molar-refractivity contribution in [2.24, 2.45) is 0 Å². The van der Waals surface area contributed by atoms with Crippen molar-refractivity contribution in [1.29, 1.82) is 0 Å². The largest absolute Gasteiger partial charge is 0.356 e. The molecule has 0 spiro atoms. The lowest BCUT2D eigenvalue weighted by Crippen LogP contribution is -2.29. The Balaban J connectivity index is 1.35. The molecule has 9 heteroatoms. The van der Waals surface area contributed by atoms with E-state index in [-0.39, 0.29) is 5.91 Å². The van der Waals surface area contributed by atoms with E-state index in [1.165, 1.54) is 18.4 Å². The van der Waals surface area contributed by atoms with Gasteiger partial charge in [0.2, 0.25) is 5.91 Å². The molecule has 1 fully saturated rings. The molecule has 1 aliphatic heterocycles. The summed E-state index contributed by atoms with van der Waals surface area (Å²) in [6, 6.07) is 10.2. The van der Waals surface area contributed by atoms with E-state index in [0.717, 1.165) is 46.6 Å². The highest BCUT2D eigenvalue weighted by molar-refractivity contribution is 7.99. The third kappa shape index (κ3) is 5.71. The van der Waals surface area contributed by atoms with E-state index in [9.17, 15) is 4.79 Å². The Bertz CT molecular complexity index is 1000. The van der Waals surface area contributed by atoms with Crippen LogP contribution in [0.2, 0.25) is 0 Å². The maximum atomic E-state index is 12.2. The predicted octanol–water partition coefficient (Wildman–Crippen LogP) is 3.59. The van der Waals surface area contributed by atoms with E-state index in [1.807, 2.05) is 29.1 Å². The highest BCUT2D eigenvalue weighted by atomic mass is 32.2. The maximum absolute atomic E-state index is 12.2. The normalized spacial score (nSPS) is 13.8. The fourth-order valence-electron chi connectivity index (χ4n) is 3.64. The van der Waals surface area contributed by atoms with Gasteiger partial charge >= 0.3 is 0 Å². The third-order valence-corrected chi connectivity index (χ3v) is 6.86. The number of rotatable bonds is 10. The molecule has 1 amide bonds. The number of nitrogens with zero attached hydrogens (tertiary/aromatic N) is 5. The lowest BCUT2D eigenvalue weighted by Gasteiger charge is -2.17. The summed E-state index contributed by atoms with van der Waals surface area (Å²) in [5.41, 5.74) is 2.08. The summed E-state index contributed by atoms with van der Waals surface area (Å²) in [7, 11) is 0. The van der Waals surface area contributed by atoms with Gasteiger partial charge in [0.1, 0.15) is 5.82 Å². The zero-order valence-corrected chi connectivity index (χ0v) is 19.4. The van der Waals surface area contributed by atoms with Crippen LogP contribution in [-0.2, 0) is 17.1 Å². The molecule has 1 aromatic carbocycles. The first-order valence-corrected chi connectivity index (χ1v) is 12.9. The van der Waals surface area contributed by atoms with E-state index >= 15 is 0 Å². The number of fused-ring (bicyclic) bond motifs is 1. The van der Waals surface area contributed by atoms with E-state index in [2.05, 4.69) is 34.4 Å². The molecule has 2 aromatic heterocycles. The summed E-state index contributed by atoms with van der Waals surface area (Å²) in [4.78, 5) is 24.1. The monoisotopic (exact) mass is 456 g/mol. The Hall–Kier alpha value is -2.26. The Morgan fingerprint density at radius 3 is 2.74 bits per heavy atom. The molecule has 3 aromatic rings. The molecule has 0 radical (unpaired) electrons. The van der Waals surface area contributed by atoms with Crippen LogP contribution in [0.15, 0.2) is 41.7 Å². The fourth-order valence-corrected chi connectivity index (χ4v) is 5.01. The fraction of sp³-hybridized carbons (Fsp3) is 0.455. The number of benzene rings is 1. The van der Waals surface area contributed by atoms with Crippen LogP contribution < -0.4 is 10.2 Å². The van der Waals surface area contributed by atoms with Gasteiger partial charge in [-0.2, -0.15) is 5.10 Å². The molecule has 31 heavy (non-hydrogen) atoms. The van der Waals surface area contributed by atoms with Gasteiger partial charge < -0.3 is 10.2 Å².